The molecule has 0 unspecified atom stereocenters. The van der Waals surface area contributed by atoms with E-state index in [-0.39, 0.29) is 18.4 Å². The van der Waals surface area contributed by atoms with Gasteiger partial charge in [-0.1, -0.05) is 36.4 Å². The minimum Gasteiger partial charge on any atom is -0.378 e. The summed E-state index contributed by atoms with van der Waals surface area (Å²) in [7, 11) is 1.79. The van der Waals surface area contributed by atoms with Gasteiger partial charge in [0.1, 0.15) is 0 Å². The molecule has 1 aliphatic heterocycles. The fourth-order valence-corrected chi connectivity index (χ4v) is 3.01. The monoisotopic (exact) mass is 367 g/mol. The molecule has 142 valence electrons. The average Bonchev–Trinajstić information content (AvgIpc) is 2.73. The predicted octanol–water partition coefficient (Wildman–Crippen LogP) is 2.23. The van der Waals surface area contributed by atoms with Crippen LogP contribution in [-0.4, -0.2) is 61.5 Å². The van der Waals surface area contributed by atoms with Crippen molar-refractivity contribution in [3.05, 3.63) is 65.7 Å². The lowest BCUT2D eigenvalue weighted by Gasteiger charge is -2.27. The van der Waals surface area contributed by atoms with Crippen molar-refractivity contribution in [1.82, 2.24) is 9.80 Å². The number of carbonyl (C=O) groups is 2. The number of hydrogen-bond donors (Lipinski definition) is 1. The van der Waals surface area contributed by atoms with Gasteiger partial charge in [0, 0.05) is 37.9 Å². The number of nitrogens with one attached hydrogen (secondary N) is 1. The molecule has 1 saturated heterocycles. The van der Waals surface area contributed by atoms with E-state index in [1.165, 1.54) is 0 Å². The third-order valence-corrected chi connectivity index (χ3v) is 4.53. The van der Waals surface area contributed by atoms with Crippen LogP contribution >= 0.6 is 0 Å². The number of morpholine rings is 1. The number of amides is 2. The number of nitrogens with zero attached hydrogens (tertiary/aromatic N) is 2. The average molecular weight is 367 g/mol. The lowest BCUT2D eigenvalue weighted by atomic mass is 10.1. The molecule has 2 amide bonds. The number of carbonyl (C=O) groups excluding carboxylic acids is 2. The Balaban J connectivity index is 1.57. The summed E-state index contributed by atoms with van der Waals surface area (Å²) in [6.07, 6.45) is 0. The number of hydrogen-bond acceptors (Lipinski definition) is 4. The van der Waals surface area contributed by atoms with Crippen molar-refractivity contribution in [3.8, 4) is 0 Å². The molecule has 2 aromatic rings. The molecule has 1 heterocycles. The number of rotatable bonds is 6. The van der Waals surface area contributed by atoms with Gasteiger partial charge in [0.25, 0.3) is 5.91 Å². The lowest BCUT2D eigenvalue weighted by Crippen LogP contribution is -2.43. The van der Waals surface area contributed by atoms with Gasteiger partial charge in [-0.3, -0.25) is 9.59 Å². The van der Waals surface area contributed by atoms with Crippen molar-refractivity contribution in [1.29, 1.82) is 0 Å². The van der Waals surface area contributed by atoms with Gasteiger partial charge in [-0.25, -0.2) is 0 Å². The Hall–Kier alpha value is -2.86. The zero-order valence-electron chi connectivity index (χ0n) is 15.6. The molecule has 1 N–H and O–H groups in total. The van der Waals surface area contributed by atoms with Crippen molar-refractivity contribution < 1.29 is 14.3 Å². The van der Waals surface area contributed by atoms with E-state index in [1.807, 2.05) is 42.5 Å². The minimum atomic E-state index is -0.0537. The van der Waals surface area contributed by atoms with Gasteiger partial charge in [-0.05, 0) is 23.8 Å². The van der Waals surface area contributed by atoms with Gasteiger partial charge < -0.3 is 19.9 Å². The smallest absolute Gasteiger partial charge is 0.253 e. The number of ether oxygens (including phenoxy) is 1. The van der Waals surface area contributed by atoms with Crippen LogP contribution in [0.5, 0.6) is 0 Å². The molecule has 0 atom stereocenters. The van der Waals surface area contributed by atoms with E-state index in [2.05, 4.69) is 5.32 Å². The van der Waals surface area contributed by atoms with Gasteiger partial charge in [-0.2, -0.15) is 0 Å². The van der Waals surface area contributed by atoms with Crippen LogP contribution in [0.2, 0.25) is 0 Å². The zero-order chi connectivity index (χ0) is 19.1. The van der Waals surface area contributed by atoms with Gasteiger partial charge >= 0.3 is 0 Å². The van der Waals surface area contributed by atoms with Crippen LogP contribution < -0.4 is 5.32 Å². The first-order valence-electron chi connectivity index (χ1n) is 9.12. The summed E-state index contributed by atoms with van der Waals surface area (Å²) >= 11 is 0. The second-order valence-corrected chi connectivity index (χ2v) is 6.57. The van der Waals surface area contributed by atoms with Crippen molar-refractivity contribution in [2.75, 3.05) is 45.2 Å². The Kier molecular flexibility index (Phi) is 6.44. The van der Waals surface area contributed by atoms with Gasteiger partial charge in [0.05, 0.1) is 19.8 Å². The van der Waals surface area contributed by atoms with Crippen molar-refractivity contribution in [3.63, 3.8) is 0 Å². The first-order chi connectivity index (χ1) is 13.1. The Morgan fingerprint density at radius 3 is 2.56 bits per heavy atom. The van der Waals surface area contributed by atoms with E-state index < -0.39 is 0 Å². The van der Waals surface area contributed by atoms with Crippen LogP contribution in [0.25, 0.3) is 0 Å². The molecule has 0 saturated carbocycles. The maximum absolute atomic E-state index is 12.7. The molecule has 0 aliphatic carbocycles. The molecule has 27 heavy (non-hydrogen) atoms. The summed E-state index contributed by atoms with van der Waals surface area (Å²) in [5.74, 6) is -0.0155. The summed E-state index contributed by atoms with van der Waals surface area (Å²) < 4.78 is 5.26. The summed E-state index contributed by atoms with van der Waals surface area (Å²) in [4.78, 5) is 28.4. The fourth-order valence-electron chi connectivity index (χ4n) is 3.01. The highest BCUT2D eigenvalue weighted by Crippen LogP contribution is 2.14. The molecule has 3 rings (SSSR count). The molecule has 1 fully saturated rings. The van der Waals surface area contributed by atoms with Gasteiger partial charge in [-0.15, -0.1) is 0 Å². The van der Waals surface area contributed by atoms with Crippen LogP contribution in [0.3, 0.4) is 0 Å². The highest BCUT2D eigenvalue weighted by Gasteiger charge is 2.17. The lowest BCUT2D eigenvalue weighted by molar-refractivity contribution is -0.133. The first-order valence-corrected chi connectivity index (χ1v) is 9.12. The Labute approximate surface area is 159 Å². The van der Waals surface area contributed by atoms with E-state index in [9.17, 15) is 9.59 Å². The number of benzene rings is 2. The summed E-state index contributed by atoms with van der Waals surface area (Å²) in [5, 5.41) is 3.12. The van der Waals surface area contributed by atoms with Crippen LogP contribution in [0, 0.1) is 0 Å². The molecule has 2 aromatic carbocycles. The molecule has 0 aromatic heterocycles. The highest BCUT2D eigenvalue weighted by molar-refractivity contribution is 5.95. The minimum absolute atomic E-state index is 0.0382. The largest absolute Gasteiger partial charge is 0.378 e. The molecular weight excluding hydrogens is 342 g/mol. The zero-order valence-corrected chi connectivity index (χ0v) is 15.6. The van der Waals surface area contributed by atoms with E-state index in [4.69, 9.17) is 4.74 Å². The second kappa shape index (κ2) is 9.19. The molecule has 6 nitrogen and oxygen atoms in total. The van der Waals surface area contributed by atoms with Crippen molar-refractivity contribution >= 4 is 17.5 Å². The quantitative estimate of drug-likeness (QED) is 0.851. The summed E-state index contributed by atoms with van der Waals surface area (Å²) in [6, 6.07) is 17.1. The standard InChI is InChI=1S/C21H25N3O3/c1-23(16-17-6-3-2-4-7-17)21(26)18-8-5-9-19(14-18)22-15-20(25)24-10-12-27-13-11-24/h2-9,14,22H,10-13,15-16H2,1H3. The summed E-state index contributed by atoms with van der Waals surface area (Å²) in [6.45, 7) is 3.18. The van der Waals surface area contributed by atoms with E-state index >= 15 is 0 Å². The third kappa shape index (κ3) is 5.31. The fraction of sp³-hybridized carbons (Fsp3) is 0.333. The summed E-state index contributed by atoms with van der Waals surface area (Å²) in [5.41, 5.74) is 2.44. The van der Waals surface area contributed by atoms with E-state index in [1.54, 1.807) is 29.0 Å². The Morgan fingerprint density at radius 1 is 1.07 bits per heavy atom. The molecule has 1 aliphatic rings. The van der Waals surface area contributed by atoms with Crippen LogP contribution in [-0.2, 0) is 16.1 Å². The van der Waals surface area contributed by atoms with Gasteiger partial charge in [0.15, 0.2) is 0 Å². The SMILES string of the molecule is CN(Cc1ccccc1)C(=O)c1cccc(NCC(=O)N2CCOCC2)c1. The van der Waals surface area contributed by atoms with Crippen LogP contribution in [0.4, 0.5) is 5.69 Å². The van der Waals surface area contributed by atoms with Gasteiger partial charge in [0.2, 0.25) is 5.91 Å². The number of anilines is 1. The molecule has 0 spiro atoms. The van der Waals surface area contributed by atoms with Crippen LogP contribution in [0.1, 0.15) is 15.9 Å². The normalized spacial score (nSPS) is 13.9. The molecule has 6 heteroatoms. The Morgan fingerprint density at radius 2 is 1.81 bits per heavy atom. The third-order valence-electron chi connectivity index (χ3n) is 4.53. The predicted molar refractivity (Wildman–Crippen MR) is 105 cm³/mol. The van der Waals surface area contributed by atoms with E-state index in [0.717, 1.165) is 11.3 Å². The topological polar surface area (TPSA) is 61.9 Å². The Bertz CT molecular complexity index is 773. The molecule has 0 bridgehead atoms. The highest BCUT2D eigenvalue weighted by atomic mass is 16.5. The second-order valence-electron chi connectivity index (χ2n) is 6.57. The molecule has 0 radical (unpaired) electrons. The van der Waals surface area contributed by atoms with Crippen molar-refractivity contribution in [2.24, 2.45) is 0 Å². The maximum Gasteiger partial charge on any atom is 0.253 e. The van der Waals surface area contributed by atoms with E-state index in [0.29, 0.717) is 38.4 Å². The molecular formula is C21H25N3O3. The van der Waals surface area contributed by atoms with Crippen LogP contribution in [0.15, 0.2) is 54.6 Å². The maximum atomic E-state index is 12.7. The first kappa shape index (κ1) is 18.9. The van der Waals surface area contributed by atoms with Crippen molar-refractivity contribution in [2.45, 2.75) is 6.54 Å².